The first-order chi connectivity index (χ1) is 10.9. The number of hydrogen-bond donors (Lipinski definition) is 1. The zero-order chi connectivity index (χ0) is 17.0. The van der Waals surface area contributed by atoms with Gasteiger partial charge in [-0.3, -0.25) is 0 Å². The van der Waals surface area contributed by atoms with E-state index in [0.29, 0.717) is 17.2 Å². The van der Waals surface area contributed by atoms with Crippen molar-refractivity contribution in [2.45, 2.75) is 33.6 Å². The molecule has 1 heterocycles. The van der Waals surface area contributed by atoms with Crippen molar-refractivity contribution in [3.05, 3.63) is 35.2 Å². The monoisotopic (exact) mass is 312 g/mol. The summed E-state index contributed by atoms with van der Waals surface area (Å²) in [7, 11) is 0. The summed E-state index contributed by atoms with van der Waals surface area (Å²) in [6.07, 6.45) is 1.57. The van der Waals surface area contributed by atoms with Crippen LogP contribution in [-0.4, -0.2) is 16.6 Å². The van der Waals surface area contributed by atoms with E-state index >= 15 is 0 Å². The van der Waals surface area contributed by atoms with Crippen LogP contribution in [0.25, 0.3) is 0 Å². The summed E-state index contributed by atoms with van der Waals surface area (Å²) >= 11 is 0. The molecule has 0 fully saturated rings. The van der Waals surface area contributed by atoms with E-state index in [0.717, 1.165) is 16.9 Å². The minimum atomic E-state index is 0.0174. The fourth-order valence-corrected chi connectivity index (χ4v) is 2.18. The van der Waals surface area contributed by atoms with Gasteiger partial charge in [-0.1, -0.05) is 13.8 Å². The van der Waals surface area contributed by atoms with E-state index < -0.39 is 0 Å². The Kier molecular flexibility index (Phi) is 5.02. The van der Waals surface area contributed by atoms with Crippen molar-refractivity contribution < 1.29 is 9.47 Å². The normalized spacial score (nSPS) is 10.4. The SMILES string of the molecule is Cc1cc(Oc2cnc(N)nc2C)c(C(C)C)cc1OCC#N. The predicted molar refractivity (Wildman–Crippen MR) is 87.6 cm³/mol. The van der Waals surface area contributed by atoms with Crippen LogP contribution in [0.4, 0.5) is 5.95 Å². The van der Waals surface area contributed by atoms with Gasteiger partial charge in [0.1, 0.15) is 17.6 Å². The summed E-state index contributed by atoms with van der Waals surface area (Å²) in [5.41, 5.74) is 8.13. The number of nitrogen functional groups attached to an aromatic ring is 1. The molecule has 2 rings (SSSR count). The Hall–Kier alpha value is -2.81. The molecule has 6 nitrogen and oxygen atoms in total. The minimum Gasteiger partial charge on any atom is -0.478 e. The molecule has 0 aliphatic heterocycles. The van der Waals surface area contributed by atoms with Crippen molar-refractivity contribution in [2.75, 3.05) is 12.3 Å². The first kappa shape index (κ1) is 16.6. The molecule has 0 aliphatic carbocycles. The van der Waals surface area contributed by atoms with Crippen LogP contribution in [0.5, 0.6) is 17.2 Å². The Bertz CT molecular complexity index is 751. The highest BCUT2D eigenvalue weighted by Gasteiger charge is 2.15. The van der Waals surface area contributed by atoms with Crippen LogP contribution in [-0.2, 0) is 0 Å². The molecular formula is C17H20N4O2. The second-order valence-electron chi connectivity index (χ2n) is 5.54. The number of nitrogens with two attached hydrogens (primary N) is 1. The molecule has 0 saturated carbocycles. The first-order valence-corrected chi connectivity index (χ1v) is 7.33. The topological polar surface area (TPSA) is 94.1 Å². The Balaban J connectivity index is 2.41. The second kappa shape index (κ2) is 6.97. The van der Waals surface area contributed by atoms with E-state index in [4.69, 9.17) is 20.5 Å². The molecule has 23 heavy (non-hydrogen) atoms. The smallest absolute Gasteiger partial charge is 0.220 e. The maximum absolute atomic E-state index is 8.68. The lowest BCUT2D eigenvalue weighted by Crippen LogP contribution is -2.02. The quantitative estimate of drug-likeness (QED) is 0.908. The lowest BCUT2D eigenvalue weighted by atomic mass is 9.99. The summed E-state index contributed by atoms with van der Waals surface area (Å²) < 4.78 is 11.5. The third-order valence-corrected chi connectivity index (χ3v) is 3.39. The maximum atomic E-state index is 8.68. The molecule has 0 aliphatic rings. The summed E-state index contributed by atoms with van der Waals surface area (Å²) in [6, 6.07) is 5.79. The molecule has 2 N–H and O–H groups in total. The molecule has 0 radical (unpaired) electrons. The number of ether oxygens (including phenoxy) is 2. The third kappa shape index (κ3) is 3.89. The average Bonchev–Trinajstić information content (AvgIpc) is 2.49. The van der Waals surface area contributed by atoms with Crippen molar-refractivity contribution in [1.82, 2.24) is 9.97 Å². The van der Waals surface area contributed by atoms with Crippen molar-refractivity contribution in [3.63, 3.8) is 0 Å². The Morgan fingerprint density at radius 2 is 1.96 bits per heavy atom. The molecule has 0 bridgehead atoms. The Morgan fingerprint density at radius 3 is 2.57 bits per heavy atom. The third-order valence-electron chi connectivity index (χ3n) is 3.39. The second-order valence-corrected chi connectivity index (χ2v) is 5.54. The highest BCUT2D eigenvalue weighted by molar-refractivity contribution is 5.49. The van der Waals surface area contributed by atoms with Gasteiger partial charge in [-0.25, -0.2) is 9.97 Å². The largest absolute Gasteiger partial charge is 0.478 e. The van der Waals surface area contributed by atoms with Crippen LogP contribution in [0.2, 0.25) is 0 Å². The highest BCUT2D eigenvalue weighted by atomic mass is 16.5. The summed E-state index contributed by atoms with van der Waals surface area (Å²) in [5.74, 6) is 2.41. The molecule has 0 saturated heterocycles. The number of aryl methyl sites for hydroxylation is 2. The van der Waals surface area contributed by atoms with Gasteiger partial charge < -0.3 is 15.2 Å². The van der Waals surface area contributed by atoms with Crippen LogP contribution in [0.3, 0.4) is 0 Å². The minimum absolute atomic E-state index is 0.0174. The number of rotatable bonds is 5. The molecule has 0 unspecified atom stereocenters. The number of nitriles is 1. The van der Waals surface area contributed by atoms with Crippen molar-refractivity contribution in [2.24, 2.45) is 0 Å². The van der Waals surface area contributed by atoms with E-state index in [9.17, 15) is 0 Å². The fourth-order valence-electron chi connectivity index (χ4n) is 2.18. The number of benzene rings is 1. The van der Waals surface area contributed by atoms with Gasteiger partial charge in [0.15, 0.2) is 12.4 Å². The molecule has 0 amide bonds. The van der Waals surface area contributed by atoms with Crippen LogP contribution >= 0.6 is 0 Å². The first-order valence-electron chi connectivity index (χ1n) is 7.33. The molecule has 6 heteroatoms. The summed E-state index contributed by atoms with van der Waals surface area (Å²) in [6.45, 7) is 7.88. The van der Waals surface area contributed by atoms with Gasteiger partial charge in [0.2, 0.25) is 5.95 Å². The van der Waals surface area contributed by atoms with Gasteiger partial charge in [0.05, 0.1) is 11.9 Å². The van der Waals surface area contributed by atoms with Gasteiger partial charge in [-0.05, 0) is 37.5 Å². The molecule has 1 aromatic carbocycles. The van der Waals surface area contributed by atoms with Gasteiger partial charge >= 0.3 is 0 Å². The van der Waals surface area contributed by atoms with Crippen LogP contribution in [0, 0.1) is 25.2 Å². The highest BCUT2D eigenvalue weighted by Crippen LogP contribution is 2.36. The summed E-state index contributed by atoms with van der Waals surface area (Å²) in [5, 5.41) is 8.68. The van der Waals surface area contributed by atoms with Crippen molar-refractivity contribution in [1.29, 1.82) is 5.26 Å². The zero-order valence-corrected chi connectivity index (χ0v) is 13.8. The summed E-state index contributed by atoms with van der Waals surface area (Å²) in [4.78, 5) is 8.08. The van der Waals surface area contributed by atoms with E-state index in [2.05, 4.69) is 23.8 Å². The zero-order valence-electron chi connectivity index (χ0n) is 13.8. The number of nitrogens with zero attached hydrogens (tertiary/aromatic N) is 3. The predicted octanol–water partition coefficient (Wildman–Crippen LogP) is 3.49. The molecule has 0 spiro atoms. The van der Waals surface area contributed by atoms with Crippen LogP contribution in [0.1, 0.15) is 36.6 Å². The maximum Gasteiger partial charge on any atom is 0.220 e. The number of aromatic nitrogens is 2. The number of anilines is 1. The van der Waals surface area contributed by atoms with Crippen LogP contribution in [0.15, 0.2) is 18.3 Å². The fraction of sp³-hybridized carbons (Fsp3) is 0.353. The van der Waals surface area contributed by atoms with E-state index in [1.165, 1.54) is 0 Å². The molecule has 2 aromatic rings. The van der Waals surface area contributed by atoms with E-state index in [1.807, 2.05) is 32.0 Å². The van der Waals surface area contributed by atoms with Gasteiger partial charge in [-0.15, -0.1) is 0 Å². The molecular weight excluding hydrogens is 292 g/mol. The van der Waals surface area contributed by atoms with Gasteiger partial charge in [0.25, 0.3) is 0 Å². The van der Waals surface area contributed by atoms with Crippen molar-refractivity contribution in [3.8, 4) is 23.3 Å². The Morgan fingerprint density at radius 1 is 1.22 bits per heavy atom. The van der Waals surface area contributed by atoms with Crippen LogP contribution < -0.4 is 15.2 Å². The van der Waals surface area contributed by atoms with E-state index in [1.54, 1.807) is 6.20 Å². The van der Waals surface area contributed by atoms with Gasteiger partial charge in [0, 0.05) is 5.56 Å². The molecule has 0 atom stereocenters. The molecule has 1 aromatic heterocycles. The Labute approximate surface area is 135 Å². The lowest BCUT2D eigenvalue weighted by molar-refractivity contribution is 0.363. The van der Waals surface area contributed by atoms with E-state index in [-0.39, 0.29) is 18.5 Å². The number of hydrogen-bond acceptors (Lipinski definition) is 6. The standard InChI is InChI=1S/C17H20N4O2/c1-10(2)13-8-14(22-6-5-18)11(3)7-15(13)23-16-9-20-17(19)21-12(16)4/h7-10H,6H2,1-4H3,(H2,19,20,21). The molecule has 120 valence electrons. The lowest BCUT2D eigenvalue weighted by Gasteiger charge is -2.17. The van der Waals surface area contributed by atoms with Gasteiger partial charge in [-0.2, -0.15) is 5.26 Å². The average molecular weight is 312 g/mol. The van der Waals surface area contributed by atoms with Crippen molar-refractivity contribution >= 4 is 5.95 Å².